The fourth-order valence-corrected chi connectivity index (χ4v) is 1.37. The highest BCUT2D eigenvalue weighted by Crippen LogP contribution is 2.29. The minimum Gasteiger partial charge on any atom is -0.431 e. The van der Waals surface area contributed by atoms with E-state index in [1.165, 1.54) is 12.3 Å². The van der Waals surface area contributed by atoms with Gasteiger partial charge in [0.2, 0.25) is 0 Å². The minimum absolute atomic E-state index is 0.266. The quantitative estimate of drug-likeness (QED) is 0.807. The van der Waals surface area contributed by atoms with Gasteiger partial charge in [-0.1, -0.05) is 0 Å². The number of alkyl halides is 3. The molecule has 0 aromatic carbocycles. The molecule has 0 aliphatic rings. The second-order valence-corrected chi connectivity index (χ2v) is 3.59. The molecule has 0 aliphatic heterocycles. The molecule has 0 unspecified atom stereocenters. The van der Waals surface area contributed by atoms with Crippen molar-refractivity contribution in [3.05, 3.63) is 35.0 Å². The molecular formula is C9H4BrF3N2O. The largest absolute Gasteiger partial charge is 0.433 e. The first-order valence-corrected chi connectivity index (χ1v) is 4.91. The molecule has 0 saturated heterocycles. The van der Waals surface area contributed by atoms with Gasteiger partial charge in [-0.2, -0.15) is 13.2 Å². The smallest absolute Gasteiger partial charge is 0.431 e. The summed E-state index contributed by atoms with van der Waals surface area (Å²) in [5, 5.41) is 0. The molecule has 0 amide bonds. The van der Waals surface area contributed by atoms with Crippen LogP contribution in [0.25, 0.3) is 11.3 Å². The molecule has 2 heterocycles. The molecule has 2 rings (SSSR count). The molecule has 16 heavy (non-hydrogen) atoms. The molecule has 0 bridgehead atoms. The number of aromatic nitrogens is 2. The van der Waals surface area contributed by atoms with Crippen LogP contribution in [0.3, 0.4) is 0 Å². The monoisotopic (exact) mass is 292 g/mol. The van der Waals surface area contributed by atoms with Gasteiger partial charge in [0.05, 0.1) is 6.20 Å². The van der Waals surface area contributed by atoms with Crippen LogP contribution in [0.1, 0.15) is 5.69 Å². The van der Waals surface area contributed by atoms with Gasteiger partial charge in [0.15, 0.2) is 5.76 Å². The number of halogens is 4. The van der Waals surface area contributed by atoms with E-state index in [0.717, 1.165) is 12.3 Å². The van der Waals surface area contributed by atoms with E-state index in [-0.39, 0.29) is 4.80 Å². The number of hydrogen-bond acceptors (Lipinski definition) is 3. The van der Waals surface area contributed by atoms with Crippen molar-refractivity contribution < 1.29 is 17.6 Å². The number of nitrogens with zero attached hydrogens (tertiary/aromatic N) is 2. The zero-order valence-corrected chi connectivity index (χ0v) is 9.21. The molecule has 7 heteroatoms. The van der Waals surface area contributed by atoms with E-state index in [1.54, 1.807) is 0 Å². The second-order valence-electron chi connectivity index (χ2n) is 2.91. The summed E-state index contributed by atoms with van der Waals surface area (Å²) < 4.78 is 41.7. The molecular weight excluding hydrogens is 289 g/mol. The van der Waals surface area contributed by atoms with Crippen LogP contribution in [0.2, 0.25) is 0 Å². The Labute approximate surface area is 96.5 Å². The van der Waals surface area contributed by atoms with Gasteiger partial charge in [-0.15, -0.1) is 0 Å². The summed E-state index contributed by atoms with van der Waals surface area (Å²) in [6, 6.07) is 2.18. The Balaban J connectivity index is 2.33. The fraction of sp³-hybridized carbons (Fsp3) is 0.111. The Bertz CT molecular complexity index is 492. The number of oxazole rings is 1. The molecule has 3 nitrogen and oxygen atoms in total. The molecule has 2 aromatic heterocycles. The summed E-state index contributed by atoms with van der Waals surface area (Å²) in [5.74, 6) is 0.355. The van der Waals surface area contributed by atoms with E-state index in [2.05, 4.69) is 25.9 Å². The van der Waals surface area contributed by atoms with Crippen molar-refractivity contribution in [2.24, 2.45) is 0 Å². The maximum atomic E-state index is 12.2. The van der Waals surface area contributed by atoms with Gasteiger partial charge in [-0.3, -0.25) is 4.98 Å². The Kier molecular flexibility index (Phi) is 2.71. The van der Waals surface area contributed by atoms with Crippen molar-refractivity contribution in [1.82, 2.24) is 9.97 Å². The molecule has 0 fully saturated rings. The van der Waals surface area contributed by atoms with Crippen molar-refractivity contribution in [3.8, 4) is 11.3 Å². The van der Waals surface area contributed by atoms with Gasteiger partial charge >= 0.3 is 6.18 Å². The van der Waals surface area contributed by atoms with Crippen LogP contribution in [0.4, 0.5) is 13.2 Å². The van der Waals surface area contributed by atoms with Crippen LogP contribution < -0.4 is 0 Å². The predicted molar refractivity (Wildman–Crippen MR) is 52.4 cm³/mol. The lowest BCUT2D eigenvalue weighted by atomic mass is 10.2. The van der Waals surface area contributed by atoms with Gasteiger partial charge in [-0.05, 0) is 12.1 Å². The SMILES string of the molecule is FC(F)(F)c1ccc(-c2cnc(Br)o2)cn1. The van der Waals surface area contributed by atoms with E-state index in [0.29, 0.717) is 11.3 Å². The summed E-state index contributed by atoms with van der Waals surface area (Å²) in [6.45, 7) is 0. The zero-order chi connectivity index (χ0) is 11.8. The van der Waals surface area contributed by atoms with Crippen LogP contribution in [0.5, 0.6) is 0 Å². The third kappa shape index (κ3) is 2.24. The van der Waals surface area contributed by atoms with Gasteiger partial charge in [0.1, 0.15) is 5.69 Å². The minimum atomic E-state index is -4.43. The van der Waals surface area contributed by atoms with Crippen molar-refractivity contribution in [3.63, 3.8) is 0 Å². The Morgan fingerprint density at radius 3 is 2.31 bits per heavy atom. The molecule has 2 aromatic rings. The van der Waals surface area contributed by atoms with Gasteiger partial charge in [0, 0.05) is 27.7 Å². The van der Waals surface area contributed by atoms with Crippen LogP contribution in [-0.2, 0) is 6.18 Å². The maximum absolute atomic E-state index is 12.2. The molecule has 0 spiro atoms. The lowest BCUT2D eigenvalue weighted by Crippen LogP contribution is -2.07. The van der Waals surface area contributed by atoms with Gasteiger partial charge in [-0.25, -0.2) is 4.98 Å². The third-order valence-electron chi connectivity index (χ3n) is 1.82. The summed E-state index contributed by atoms with van der Waals surface area (Å²) in [4.78, 5) is 7.34. The Hall–Kier alpha value is -1.37. The number of pyridine rings is 1. The second kappa shape index (κ2) is 3.89. The van der Waals surface area contributed by atoms with Crippen LogP contribution in [0.15, 0.2) is 33.7 Å². The Morgan fingerprint density at radius 2 is 1.88 bits per heavy atom. The fourth-order valence-electron chi connectivity index (χ4n) is 1.09. The topological polar surface area (TPSA) is 38.9 Å². The lowest BCUT2D eigenvalue weighted by Gasteiger charge is -2.04. The highest BCUT2D eigenvalue weighted by atomic mass is 79.9. The summed E-state index contributed by atoms with van der Waals surface area (Å²) in [6.07, 6.45) is -1.94. The molecule has 0 atom stereocenters. The Morgan fingerprint density at radius 1 is 1.12 bits per heavy atom. The summed E-state index contributed by atoms with van der Waals surface area (Å²) >= 11 is 3.00. The van der Waals surface area contributed by atoms with Crippen LogP contribution in [-0.4, -0.2) is 9.97 Å². The van der Waals surface area contributed by atoms with Crippen LogP contribution in [0, 0.1) is 0 Å². The maximum Gasteiger partial charge on any atom is 0.433 e. The first-order chi connectivity index (χ1) is 7.47. The third-order valence-corrected chi connectivity index (χ3v) is 2.18. The van der Waals surface area contributed by atoms with Crippen LogP contribution >= 0.6 is 15.9 Å². The first-order valence-electron chi connectivity index (χ1n) is 4.12. The normalized spacial score (nSPS) is 11.8. The average molecular weight is 293 g/mol. The van der Waals surface area contributed by atoms with E-state index in [1.807, 2.05) is 0 Å². The molecule has 0 aliphatic carbocycles. The van der Waals surface area contributed by atoms with E-state index < -0.39 is 11.9 Å². The summed E-state index contributed by atoms with van der Waals surface area (Å²) in [5.41, 5.74) is -0.499. The van der Waals surface area contributed by atoms with Crippen molar-refractivity contribution in [2.75, 3.05) is 0 Å². The highest BCUT2D eigenvalue weighted by Gasteiger charge is 2.32. The average Bonchev–Trinajstić information content (AvgIpc) is 2.64. The summed E-state index contributed by atoms with van der Waals surface area (Å²) in [7, 11) is 0. The highest BCUT2D eigenvalue weighted by molar-refractivity contribution is 9.10. The van der Waals surface area contributed by atoms with Gasteiger partial charge < -0.3 is 4.42 Å². The number of hydrogen-bond donors (Lipinski definition) is 0. The van der Waals surface area contributed by atoms with Crippen molar-refractivity contribution >= 4 is 15.9 Å². The van der Waals surface area contributed by atoms with E-state index >= 15 is 0 Å². The standard InChI is InChI=1S/C9H4BrF3N2O/c10-8-15-4-6(16-8)5-1-2-7(14-3-5)9(11,12)13/h1-4H. The molecule has 0 saturated carbocycles. The molecule has 0 radical (unpaired) electrons. The number of rotatable bonds is 1. The van der Waals surface area contributed by atoms with E-state index in [9.17, 15) is 13.2 Å². The first kappa shape index (κ1) is 11.1. The van der Waals surface area contributed by atoms with E-state index in [4.69, 9.17) is 4.42 Å². The lowest BCUT2D eigenvalue weighted by molar-refractivity contribution is -0.141. The van der Waals surface area contributed by atoms with Crippen molar-refractivity contribution in [2.45, 2.75) is 6.18 Å². The molecule has 84 valence electrons. The molecule has 0 N–H and O–H groups in total. The van der Waals surface area contributed by atoms with Crippen molar-refractivity contribution in [1.29, 1.82) is 0 Å². The predicted octanol–water partition coefficient (Wildman–Crippen LogP) is 3.52. The van der Waals surface area contributed by atoms with Gasteiger partial charge in [0.25, 0.3) is 4.80 Å². The zero-order valence-electron chi connectivity index (χ0n) is 7.62.